The summed E-state index contributed by atoms with van der Waals surface area (Å²) < 4.78 is 7.45. The van der Waals surface area contributed by atoms with Crippen LogP contribution in [0.4, 0.5) is 0 Å². The van der Waals surface area contributed by atoms with Crippen LogP contribution in [0.3, 0.4) is 0 Å². The number of amides is 1. The molecule has 2 aromatic carbocycles. The summed E-state index contributed by atoms with van der Waals surface area (Å²) in [7, 11) is 5.59. The molecular formula is C25H28N6O2S2. The van der Waals surface area contributed by atoms with Crippen LogP contribution in [0, 0.1) is 6.92 Å². The number of nitrogens with zero attached hydrogens (tertiary/aromatic N) is 5. The van der Waals surface area contributed by atoms with Crippen LogP contribution in [0.25, 0.3) is 17.1 Å². The number of carbonyl (C=O) groups excluding carboxylic acids is 1. The third-order valence-corrected chi connectivity index (χ3v) is 7.18. The van der Waals surface area contributed by atoms with Crippen molar-refractivity contribution in [2.75, 3.05) is 34.3 Å². The Morgan fingerprint density at radius 2 is 1.97 bits per heavy atom. The first-order valence-electron chi connectivity index (χ1n) is 11.1. The van der Waals surface area contributed by atoms with Gasteiger partial charge in [-0.15, -0.1) is 21.5 Å². The van der Waals surface area contributed by atoms with E-state index in [2.05, 4.69) is 51.7 Å². The summed E-state index contributed by atoms with van der Waals surface area (Å²) >= 11 is 3.01. The molecule has 8 nitrogen and oxygen atoms in total. The Labute approximate surface area is 213 Å². The van der Waals surface area contributed by atoms with Crippen LogP contribution in [0.2, 0.25) is 0 Å². The van der Waals surface area contributed by atoms with Gasteiger partial charge in [-0.3, -0.25) is 9.36 Å². The van der Waals surface area contributed by atoms with Gasteiger partial charge in [-0.25, -0.2) is 4.98 Å². The molecule has 0 saturated heterocycles. The average Bonchev–Trinajstić information content (AvgIpc) is 3.50. The molecular weight excluding hydrogens is 480 g/mol. The largest absolute Gasteiger partial charge is 0.497 e. The van der Waals surface area contributed by atoms with E-state index in [4.69, 9.17) is 4.74 Å². The number of aryl methyl sites for hydroxylation is 1. The highest BCUT2D eigenvalue weighted by molar-refractivity contribution is 7.98. The Morgan fingerprint density at radius 3 is 2.71 bits per heavy atom. The number of aromatic nitrogens is 4. The van der Waals surface area contributed by atoms with Gasteiger partial charge >= 0.3 is 0 Å². The Hall–Kier alpha value is -3.21. The molecule has 0 bridgehead atoms. The Kier molecular flexibility index (Phi) is 8.17. The second-order valence-corrected chi connectivity index (χ2v) is 10.1. The zero-order valence-corrected chi connectivity index (χ0v) is 21.8. The third-order valence-electron chi connectivity index (χ3n) is 5.21. The van der Waals surface area contributed by atoms with Crippen LogP contribution >= 0.6 is 23.1 Å². The molecule has 0 saturated carbocycles. The first-order valence-corrected chi connectivity index (χ1v) is 13.0. The molecule has 1 amide bonds. The SMILES string of the molecule is COc1cccc(-c2nnc(SCc3nc(C(=O)NCCN(C)C)cs3)n2-c2ccc(C)cc2)c1. The molecule has 35 heavy (non-hydrogen) atoms. The number of hydrogen-bond acceptors (Lipinski definition) is 8. The fourth-order valence-corrected chi connectivity index (χ4v) is 5.07. The van der Waals surface area contributed by atoms with Gasteiger partial charge < -0.3 is 15.0 Å². The highest BCUT2D eigenvalue weighted by atomic mass is 32.2. The van der Waals surface area contributed by atoms with E-state index in [1.807, 2.05) is 47.8 Å². The van der Waals surface area contributed by atoms with Gasteiger partial charge in [-0.05, 0) is 45.3 Å². The predicted octanol–water partition coefficient (Wildman–Crippen LogP) is 4.29. The van der Waals surface area contributed by atoms with E-state index in [-0.39, 0.29) is 5.91 Å². The molecule has 0 aliphatic heterocycles. The van der Waals surface area contributed by atoms with E-state index in [9.17, 15) is 4.79 Å². The lowest BCUT2D eigenvalue weighted by atomic mass is 10.2. The summed E-state index contributed by atoms with van der Waals surface area (Å²) in [5.41, 5.74) is 3.51. The normalized spacial score (nSPS) is 11.1. The minimum absolute atomic E-state index is 0.150. The minimum Gasteiger partial charge on any atom is -0.497 e. The fraction of sp³-hybridized carbons (Fsp3) is 0.280. The topological polar surface area (TPSA) is 85.2 Å². The van der Waals surface area contributed by atoms with Crippen LogP contribution in [0.5, 0.6) is 5.75 Å². The molecule has 4 rings (SSSR count). The van der Waals surface area contributed by atoms with E-state index < -0.39 is 0 Å². The van der Waals surface area contributed by atoms with Crippen molar-refractivity contribution in [3.8, 4) is 22.8 Å². The monoisotopic (exact) mass is 508 g/mol. The Morgan fingerprint density at radius 1 is 1.17 bits per heavy atom. The van der Waals surface area contributed by atoms with Crippen molar-refractivity contribution >= 4 is 29.0 Å². The number of thioether (sulfide) groups is 1. The maximum absolute atomic E-state index is 12.4. The lowest BCUT2D eigenvalue weighted by Gasteiger charge is -2.11. The van der Waals surface area contributed by atoms with Crippen LogP contribution < -0.4 is 10.1 Å². The van der Waals surface area contributed by atoms with Gasteiger partial charge in [-0.2, -0.15) is 0 Å². The van der Waals surface area contributed by atoms with Crippen LogP contribution in [0.1, 0.15) is 21.1 Å². The van der Waals surface area contributed by atoms with Gasteiger partial charge in [0.2, 0.25) is 0 Å². The predicted molar refractivity (Wildman–Crippen MR) is 141 cm³/mol. The summed E-state index contributed by atoms with van der Waals surface area (Å²) in [6.45, 7) is 3.42. The molecule has 10 heteroatoms. The summed E-state index contributed by atoms with van der Waals surface area (Å²) in [5.74, 6) is 1.92. The Bertz CT molecular complexity index is 1280. The molecule has 0 radical (unpaired) electrons. The quantitative estimate of drug-likeness (QED) is 0.320. The number of thiazole rings is 1. The van der Waals surface area contributed by atoms with Crippen LogP contribution in [-0.4, -0.2) is 64.9 Å². The van der Waals surface area contributed by atoms with Gasteiger partial charge in [-0.1, -0.05) is 41.6 Å². The molecule has 4 aromatic rings. The van der Waals surface area contributed by atoms with Crippen molar-refractivity contribution in [2.45, 2.75) is 17.8 Å². The standard InChI is InChI=1S/C25H28N6O2S2/c1-17-8-10-19(11-9-17)31-23(18-6-5-7-20(14-18)33-4)28-29-25(31)35-16-22-27-21(15-34-22)24(32)26-12-13-30(2)3/h5-11,14-15H,12-13,16H2,1-4H3,(H,26,32). The summed E-state index contributed by atoms with van der Waals surface area (Å²) in [5, 5.41) is 15.3. The first kappa shape index (κ1) is 24.9. The molecule has 1 N–H and O–H groups in total. The number of nitrogens with one attached hydrogen (secondary N) is 1. The van der Waals surface area contributed by atoms with Gasteiger partial charge in [0.25, 0.3) is 5.91 Å². The number of methoxy groups -OCH3 is 1. The van der Waals surface area contributed by atoms with E-state index in [1.54, 1.807) is 12.5 Å². The zero-order valence-electron chi connectivity index (χ0n) is 20.2. The second kappa shape index (κ2) is 11.5. The first-order chi connectivity index (χ1) is 16.9. The van der Waals surface area contributed by atoms with Crippen molar-refractivity contribution < 1.29 is 9.53 Å². The molecule has 2 heterocycles. The van der Waals surface area contributed by atoms with Crippen molar-refractivity contribution in [3.63, 3.8) is 0 Å². The van der Waals surface area contributed by atoms with Crippen LogP contribution in [0.15, 0.2) is 59.1 Å². The van der Waals surface area contributed by atoms with Gasteiger partial charge in [0, 0.05) is 29.7 Å². The maximum Gasteiger partial charge on any atom is 0.270 e. The molecule has 0 spiro atoms. The lowest BCUT2D eigenvalue weighted by molar-refractivity contribution is 0.0946. The number of carbonyl (C=O) groups is 1. The van der Waals surface area contributed by atoms with E-state index in [0.29, 0.717) is 18.0 Å². The van der Waals surface area contributed by atoms with Gasteiger partial charge in [0.05, 0.1) is 12.9 Å². The van der Waals surface area contributed by atoms with E-state index in [1.165, 1.54) is 28.7 Å². The van der Waals surface area contributed by atoms with E-state index in [0.717, 1.165) is 39.5 Å². The number of hydrogen-bond donors (Lipinski definition) is 1. The highest BCUT2D eigenvalue weighted by Gasteiger charge is 2.18. The van der Waals surface area contributed by atoms with Crippen molar-refractivity contribution in [3.05, 3.63) is 70.2 Å². The lowest BCUT2D eigenvalue weighted by Crippen LogP contribution is -2.31. The van der Waals surface area contributed by atoms with Gasteiger partial charge in [0.1, 0.15) is 16.5 Å². The average molecular weight is 509 g/mol. The summed E-state index contributed by atoms with van der Waals surface area (Å²) in [6, 6.07) is 16.1. The maximum atomic E-state index is 12.4. The zero-order chi connectivity index (χ0) is 24.8. The molecule has 0 atom stereocenters. The molecule has 2 aromatic heterocycles. The van der Waals surface area contributed by atoms with Crippen molar-refractivity contribution in [1.29, 1.82) is 0 Å². The smallest absolute Gasteiger partial charge is 0.270 e. The number of likely N-dealkylation sites (N-methyl/N-ethyl adjacent to an activating group) is 1. The van der Waals surface area contributed by atoms with Crippen molar-refractivity contribution in [1.82, 2.24) is 30.0 Å². The highest BCUT2D eigenvalue weighted by Crippen LogP contribution is 2.31. The fourth-order valence-electron chi connectivity index (χ4n) is 3.33. The summed E-state index contributed by atoms with van der Waals surface area (Å²) in [4.78, 5) is 18.9. The molecule has 0 unspecified atom stereocenters. The molecule has 0 fully saturated rings. The number of benzene rings is 2. The minimum atomic E-state index is -0.150. The van der Waals surface area contributed by atoms with E-state index >= 15 is 0 Å². The molecule has 0 aliphatic rings. The van der Waals surface area contributed by atoms with Crippen molar-refractivity contribution in [2.24, 2.45) is 0 Å². The van der Waals surface area contributed by atoms with Gasteiger partial charge in [0.15, 0.2) is 11.0 Å². The second-order valence-electron chi connectivity index (χ2n) is 8.18. The molecule has 182 valence electrons. The number of ether oxygens (including phenoxy) is 1. The van der Waals surface area contributed by atoms with Crippen LogP contribution in [-0.2, 0) is 5.75 Å². The summed E-state index contributed by atoms with van der Waals surface area (Å²) in [6.07, 6.45) is 0. The molecule has 0 aliphatic carbocycles. The number of rotatable bonds is 10. The Balaban J connectivity index is 1.55. The third kappa shape index (κ3) is 6.27.